The molecule has 2 N–H and O–H groups in total. The molecular weight excluding hydrogens is 228 g/mol. The lowest BCUT2D eigenvalue weighted by Gasteiger charge is -2.16. The van der Waals surface area contributed by atoms with Crippen LogP contribution in [-0.2, 0) is 0 Å². The Morgan fingerprint density at radius 3 is 2.89 bits per heavy atom. The van der Waals surface area contributed by atoms with E-state index in [9.17, 15) is 5.11 Å². The highest BCUT2D eigenvalue weighted by atomic mass is 16.5. The van der Waals surface area contributed by atoms with Crippen molar-refractivity contribution >= 4 is 0 Å². The Kier molecular flexibility index (Phi) is 6.72. The predicted octanol–water partition coefficient (Wildman–Crippen LogP) is 1.27. The van der Waals surface area contributed by atoms with Gasteiger partial charge in [0.1, 0.15) is 5.75 Å². The van der Waals surface area contributed by atoms with Gasteiger partial charge in [-0.15, -0.1) is 0 Å². The van der Waals surface area contributed by atoms with Gasteiger partial charge in [-0.05, 0) is 31.3 Å². The van der Waals surface area contributed by atoms with Crippen LogP contribution in [0.25, 0.3) is 0 Å². The summed E-state index contributed by atoms with van der Waals surface area (Å²) in [7, 11) is 3.71. The van der Waals surface area contributed by atoms with Crippen LogP contribution in [0.15, 0.2) is 24.3 Å². The average molecular weight is 252 g/mol. The smallest absolute Gasteiger partial charge is 0.119 e. The summed E-state index contributed by atoms with van der Waals surface area (Å²) in [5.41, 5.74) is 0.880. The lowest BCUT2D eigenvalue weighted by atomic mass is 10.1. The largest absolute Gasteiger partial charge is 0.497 e. The molecule has 0 aliphatic heterocycles. The third kappa shape index (κ3) is 5.04. The first kappa shape index (κ1) is 15.0. The highest BCUT2D eigenvalue weighted by Gasteiger charge is 2.07. The van der Waals surface area contributed by atoms with Crippen molar-refractivity contribution < 1.29 is 9.84 Å². The second kappa shape index (κ2) is 8.08. The normalized spacial score (nSPS) is 12.7. The van der Waals surface area contributed by atoms with Gasteiger partial charge in [0.05, 0.1) is 13.2 Å². The average Bonchev–Trinajstić information content (AvgIpc) is 2.43. The molecule has 0 aliphatic rings. The van der Waals surface area contributed by atoms with E-state index in [0.717, 1.165) is 30.9 Å². The summed E-state index contributed by atoms with van der Waals surface area (Å²) in [6, 6.07) is 7.54. The van der Waals surface area contributed by atoms with Gasteiger partial charge in [-0.25, -0.2) is 0 Å². The first-order valence-electron chi connectivity index (χ1n) is 6.38. The number of aliphatic hydroxyl groups is 1. The number of nitrogens with one attached hydrogen (secondary N) is 1. The van der Waals surface area contributed by atoms with Crippen LogP contribution in [0.5, 0.6) is 5.75 Å². The zero-order valence-electron chi connectivity index (χ0n) is 11.5. The second-order valence-corrected chi connectivity index (χ2v) is 4.39. The molecule has 0 amide bonds. The number of hydrogen-bond donors (Lipinski definition) is 2. The van der Waals surface area contributed by atoms with E-state index in [0.29, 0.717) is 6.54 Å². The van der Waals surface area contributed by atoms with E-state index in [1.807, 2.05) is 24.3 Å². The Labute approximate surface area is 110 Å². The first-order valence-corrected chi connectivity index (χ1v) is 6.38. The minimum Gasteiger partial charge on any atom is -0.497 e. The van der Waals surface area contributed by atoms with Gasteiger partial charge in [0.2, 0.25) is 0 Å². The molecular formula is C14H24N2O2. The zero-order valence-corrected chi connectivity index (χ0v) is 11.5. The molecule has 4 nitrogen and oxygen atoms in total. The van der Waals surface area contributed by atoms with Crippen molar-refractivity contribution in [1.82, 2.24) is 10.2 Å². The Morgan fingerprint density at radius 1 is 1.44 bits per heavy atom. The highest BCUT2D eigenvalue weighted by Crippen LogP contribution is 2.18. The Morgan fingerprint density at radius 2 is 2.22 bits per heavy atom. The molecule has 1 aromatic carbocycles. The van der Waals surface area contributed by atoms with Crippen molar-refractivity contribution in [3.05, 3.63) is 29.8 Å². The van der Waals surface area contributed by atoms with Gasteiger partial charge < -0.3 is 20.1 Å². The standard InChI is InChI=1S/C14H24N2O2/c1-4-16(2)9-8-15-11-14(17)12-6-5-7-13(10-12)18-3/h5-7,10,14-15,17H,4,8-9,11H2,1-3H3. The summed E-state index contributed by atoms with van der Waals surface area (Å²) in [5, 5.41) is 13.3. The minimum atomic E-state index is -0.493. The molecule has 0 saturated heterocycles. The summed E-state index contributed by atoms with van der Waals surface area (Å²) < 4.78 is 5.14. The van der Waals surface area contributed by atoms with Crippen molar-refractivity contribution in [3.8, 4) is 5.75 Å². The number of hydrogen-bond acceptors (Lipinski definition) is 4. The predicted molar refractivity (Wildman–Crippen MR) is 74.0 cm³/mol. The van der Waals surface area contributed by atoms with Crippen molar-refractivity contribution in [2.45, 2.75) is 13.0 Å². The molecule has 0 radical (unpaired) electrons. The number of rotatable bonds is 8. The maximum absolute atomic E-state index is 10.0. The van der Waals surface area contributed by atoms with Crippen LogP contribution in [-0.4, -0.2) is 50.3 Å². The minimum absolute atomic E-state index is 0.493. The van der Waals surface area contributed by atoms with E-state index >= 15 is 0 Å². The van der Waals surface area contributed by atoms with E-state index in [4.69, 9.17) is 4.74 Å². The number of likely N-dealkylation sites (N-methyl/N-ethyl adjacent to an activating group) is 1. The maximum atomic E-state index is 10.0. The topological polar surface area (TPSA) is 44.7 Å². The van der Waals surface area contributed by atoms with Crippen molar-refractivity contribution in [3.63, 3.8) is 0 Å². The van der Waals surface area contributed by atoms with Gasteiger partial charge in [0.25, 0.3) is 0 Å². The summed E-state index contributed by atoms with van der Waals surface area (Å²) in [4.78, 5) is 2.23. The van der Waals surface area contributed by atoms with E-state index < -0.39 is 6.10 Å². The quantitative estimate of drug-likeness (QED) is 0.684. The van der Waals surface area contributed by atoms with E-state index in [1.165, 1.54) is 0 Å². The second-order valence-electron chi connectivity index (χ2n) is 4.39. The van der Waals surface area contributed by atoms with Crippen LogP contribution in [0.2, 0.25) is 0 Å². The monoisotopic (exact) mass is 252 g/mol. The molecule has 0 spiro atoms. The van der Waals surface area contributed by atoms with E-state index in [1.54, 1.807) is 7.11 Å². The van der Waals surface area contributed by atoms with Crippen molar-refractivity contribution in [2.75, 3.05) is 40.3 Å². The molecule has 1 atom stereocenters. The SMILES string of the molecule is CCN(C)CCNCC(O)c1cccc(OC)c1. The molecule has 102 valence electrons. The summed E-state index contributed by atoms with van der Waals surface area (Å²) >= 11 is 0. The lowest BCUT2D eigenvalue weighted by Crippen LogP contribution is -2.31. The van der Waals surface area contributed by atoms with Gasteiger partial charge in [-0.1, -0.05) is 19.1 Å². The Hall–Kier alpha value is -1.10. The third-order valence-electron chi connectivity index (χ3n) is 3.03. The van der Waals surface area contributed by atoms with Gasteiger partial charge in [0, 0.05) is 19.6 Å². The fourth-order valence-electron chi connectivity index (χ4n) is 1.63. The molecule has 0 bridgehead atoms. The Bertz CT molecular complexity index is 344. The molecule has 1 rings (SSSR count). The number of benzene rings is 1. The zero-order chi connectivity index (χ0) is 13.4. The summed E-state index contributed by atoms with van der Waals surface area (Å²) in [6.07, 6.45) is -0.493. The molecule has 0 aromatic heterocycles. The van der Waals surface area contributed by atoms with Crippen molar-refractivity contribution in [1.29, 1.82) is 0 Å². The third-order valence-corrected chi connectivity index (χ3v) is 3.03. The van der Waals surface area contributed by atoms with E-state index in [-0.39, 0.29) is 0 Å². The number of aliphatic hydroxyl groups excluding tert-OH is 1. The molecule has 18 heavy (non-hydrogen) atoms. The molecule has 0 fully saturated rings. The molecule has 1 aromatic rings. The van der Waals surface area contributed by atoms with Gasteiger partial charge >= 0.3 is 0 Å². The molecule has 4 heteroatoms. The summed E-state index contributed by atoms with van der Waals surface area (Å²) in [5.74, 6) is 0.775. The van der Waals surface area contributed by atoms with E-state index in [2.05, 4.69) is 24.2 Å². The number of ether oxygens (including phenoxy) is 1. The first-order chi connectivity index (χ1) is 8.67. The molecule has 0 heterocycles. The molecule has 1 unspecified atom stereocenters. The van der Waals surface area contributed by atoms with Gasteiger partial charge in [-0.3, -0.25) is 0 Å². The highest BCUT2D eigenvalue weighted by molar-refractivity contribution is 5.29. The fourth-order valence-corrected chi connectivity index (χ4v) is 1.63. The van der Waals surface area contributed by atoms with Gasteiger partial charge in [-0.2, -0.15) is 0 Å². The van der Waals surface area contributed by atoms with Crippen LogP contribution in [0.4, 0.5) is 0 Å². The van der Waals surface area contributed by atoms with Crippen LogP contribution >= 0.6 is 0 Å². The maximum Gasteiger partial charge on any atom is 0.119 e. The van der Waals surface area contributed by atoms with Crippen LogP contribution < -0.4 is 10.1 Å². The molecule has 0 aliphatic carbocycles. The fraction of sp³-hybridized carbons (Fsp3) is 0.571. The van der Waals surface area contributed by atoms with Crippen molar-refractivity contribution in [2.24, 2.45) is 0 Å². The van der Waals surface area contributed by atoms with Crippen LogP contribution in [0, 0.1) is 0 Å². The summed E-state index contributed by atoms with van der Waals surface area (Å²) in [6.45, 7) is 5.60. The Balaban J connectivity index is 2.33. The number of methoxy groups -OCH3 is 1. The molecule has 0 saturated carbocycles. The van der Waals surface area contributed by atoms with Crippen LogP contribution in [0.3, 0.4) is 0 Å². The number of nitrogens with zero attached hydrogens (tertiary/aromatic N) is 1. The van der Waals surface area contributed by atoms with Crippen LogP contribution in [0.1, 0.15) is 18.6 Å². The lowest BCUT2D eigenvalue weighted by molar-refractivity contribution is 0.173. The van der Waals surface area contributed by atoms with Gasteiger partial charge in [0.15, 0.2) is 0 Å².